The summed E-state index contributed by atoms with van der Waals surface area (Å²) in [4.78, 5) is 0. The molecule has 0 aromatic carbocycles. The summed E-state index contributed by atoms with van der Waals surface area (Å²) in [7, 11) is 0. The molecule has 0 N–H and O–H groups in total. The summed E-state index contributed by atoms with van der Waals surface area (Å²) in [6, 6.07) is 0. The van der Waals surface area contributed by atoms with Crippen molar-refractivity contribution >= 4 is 94.3 Å². The molecule has 0 aromatic heterocycles. The van der Waals surface area contributed by atoms with Crippen molar-refractivity contribution in [1.29, 1.82) is 0 Å². The third kappa shape index (κ3) is 8.99. The molecule has 0 aromatic rings. The molecule has 0 rings (SSSR count). The van der Waals surface area contributed by atoms with Crippen LogP contribution in [0.15, 0.2) is 9.03 Å². The van der Waals surface area contributed by atoms with Gasteiger partial charge in [0, 0.05) is 0 Å². The summed E-state index contributed by atoms with van der Waals surface area (Å²) >= 11 is 4.71. The number of rotatable bonds is 13. The van der Waals surface area contributed by atoms with E-state index in [2.05, 4.69) is 153 Å². The summed E-state index contributed by atoms with van der Waals surface area (Å²) in [6.45, 7) is 40.0. The monoisotopic (exact) mass is 1020 g/mol. The molecule has 0 aliphatic rings. The van der Waals surface area contributed by atoms with E-state index in [1.165, 1.54) is 0 Å². The second-order valence-electron chi connectivity index (χ2n) is 11.8. The molecule has 2 nitrogen and oxygen atoms in total. The molecular formula is C24H56N2P4Te4. The van der Waals surface area contributed by atoms with Crippen LogP contribution in [0, 0.1) is 0 Å². The SMILES string of the molecule is CC(C)P(=[Te])(N=P([Te][Te]P(=NP(=[Te])(C(C)C)C(C)C)(C(C)C)C(C)C)(C(C)C)C(C)C)C(C)C. The van der Waals surface area contributed by atoms with Crippen LogP contribution in [0.4, 0.5) is 0 Å². The van der Waals surface area contributed by atoms with E-state index in [9.17, 15) is 0 Å². The van der Waals surface area contributed by atoms with Gasteiger partial charge in [-0.1, -0.05) is 0 Å². The van der Waals surface area contributed by atoms with Crippen LogP contribution in [-0.2, 0) is 0 Å². The third-order valence-electron chi connectivity index (χ3n) is 6.75. The van der Waals surface area contributed by atoms with Crippen molar-refractivity contribution in [2.45, 2.75) is 156 Å². The Morgan fingerprint density at radius 3 is 0.676 bits per heavy atom. The maximum absolute atomic E-state index is 6.23. The average molecular weight is 1010 g/mol. The first-order chi connectivity index (χ1) is 15.2. The van der Waals surface area contributed by atoms with Crippen LogP contribution in [0.25, 0.3) is 0 Å². The standard InChI is InChI=1S/C24H56N2P4Te4/c1-17(2)27(31,18(3)4)25-29(21(9)10,22(11)12)33-34-30(23(13)14,24(15)16)26-28(32,19(5)6)20(7)8/h17-24H,1-16H3. The molecule has 10 heteroatoms. The van der Waals surface area contributed by atoms with Gasteiger partial charge in [0.15, 0.2) is 0 Å². The van der Waals surface area contributed by atoms with Crippen LogP contribution in [-0.4, -0.2) is 121 Å². The summed E-state index contributed by atoms with van der Waals surface area (Å²) in [5, 5.41) is 0. The van der Waals surface area contributed by atoms with Gasteiger partial charge in [-0.15, -0.1) is 0 Å². The van der Waals surface area contributed by atoms with Gasteiger partial charge in [-0.3, -0.25) is 0 Å². The van der Waals surface area contributed by atoms with Gasteiger partial charge in [0.25, 0.3) is 0 Å². The fourth-order valence-electron chi connectivity index (χ4n) is 4.13. The molecule has 0 fully saturated rings. The van der Waals surface area contributed by atoms with E-state index >= 15 is 0 Å². The van der Waals surface area contributed by atoms with Crippen LogP contribution in [0.2, 0.25) is 0 Å². The molecule has 0 radical (unpaired) electrons. The van der Waals surface area contributed by atoms with Gasteiger partial charge in [-0.2, -0.15) is 0 Å². The molecule has 0 saturated heterocycles. The van der Waals surface area contributed by atoms with Crippen molar-refractivity contribution in [2.75, 3.05) is 0 Å². The van der Waals surface area contributed by atoms with Crippen LogP contribution in [0.5, 0.6) is 0 Å². The Kier molecular flexibility index (Phi) is 17.7. The second-order valence-corrected chi connectivity index (χ2v) is 66.9. The van der Waals surface area contributed by atoms with E-state index in [4.69, 9.17) is 9.03 Å². The van der Waals surface area contributed by atoms with Crippen LogP contribution in [0.3, 0.4) is 0 Å². The Morgan fingerprint density at radius 1 is 0.382 bits per heavy atom. The Bertz CT molecular complexity index is 741. The van der Waals surface area contributed by atoms with Crippen molar-refractivity contribution < 1.29 is 0 Å². The fraction of sp³-hybridized carbons (Fsp3) is 1.00. The first-order valence-corrected chi connectivity index (χ1v) is 40.0. The van der Waals surface area contributed by atoms with E-state index in [0.717, 1.165) is 22.6 Å². The van der Waals surface area contributed by atoms with E-state index in [-0.39, 0.29) is 33.0 Å². The van der Waals surface area contributed by atoms with Crippen molar-refractivity contribution in [1.82, 2.24) is 0 Å². The van der Waals surface area contributed by atoms with Crippen molar-refractivity contribution in [3.63, 3.8) is 0 Å². The fourth-order valence-corrected chi connectivity index (χ4v) is 141. The van der Waals surface area contributed by atoms with E-state index in [0.29, 0.717) is 22.6 Å². The zero-order chi connectivity index (χ0) is 27.4. The minimum absolute atomic E-state index is 0.142. The first kappa shape index (κ1) is 38.5. The summed E-state index contributed by atoms with van der Waals surface area (Å²) < 4.78 is 7.20. The zero-order valence-corrected chi connectivity index (χ0v) is 37.8. The Hall–Kier alpha value is 4.48. The molecule has 0 aliphatic carbocycles. The summed E-state index contributed by atoms with van der Waals surface area (Å²) in [5.41, 5.74) is 5.81. The molecule has 0 spiro atoms. The average Bonchev–Trinajstić information content (AvgIpc) is 2.67. The minimum atomic E-state index is -1.32. The maximum atomic E-state index is 6.23. The van der Waals surface area contributed by atoms with E-state index in [1.807, 2.05) is 0 Å². The van der Waals surface area contributed by atoms with Crippen LogP contribution < -0.4 is 0 Å². The second kappa shape index (κ2) is 15.6. The predicted octanol–water partition coefficient (Wildman–Crippen LogP) is 9.84. The van der Waals surface area contributed by atoms with Crippen molar-refractivity contribution in [3.05, 3.63) is 0 Å². The molecular weight excluding hydrogens is 951 g/mol. The molecule has 0 heterocycles. The van der Waals surface area contributed by atoms with E-state index < -0.39 is 18.8 Å². The van der Waals surface area contributed by atoms with Gasteiger partial charge >= 0.3 is 259 Å². The molecule has 206 valence electrons. The Morgan fingerprint density at radius 2 is 0.559 bits per heavy atom. The van der Waals surface area contributed by atoms with Crippen molar-refractivity contribution in [2.24, 2.45) is 9.03 Å². The van der Waals surface area contributed by atoms with Gasteiger partial charge < -0.3 is 0 Å². The Balaban J connectivity index is 7.26. The summed E-state index contributed by atoms with van der Waals surface area (Å²) in [5.74, 6) is 0. The number of nitrogens with zero attached hydrogens (tertiary/aromatic N) is 2. The van der Waals surface area contributed by atoms with E-state index in [1.54, 1.807) is 0 Å². The van der Waals surface area contributed by atoms with Crippen LogP contribution in [0.1, 0.15) is 111 Å². The topological polar surface area (TPSA) is 24.7 Å². The zero-order valence-electron chi connectivity index (χ0n) is 24.9. The molecule has 34 heavy (non-hydrogen) atoms. The summed E-state index contributed by atoms with van der Waals surface area (Å²) in [6.07, 6.45) is 0. The molecule has 0 saturated carbocycles. The van der Waals surface area contributed by atoms with Gasteiger partial charge in [0.1, 0.15) is 0 Å². The van der Waals surface area contributed by atoms with Gasteiger partial charge in [-0.25, -0.2) is 0 Å². The molecule has 0 bridgehead atoms. The molecule has 0 unspecified atom stereocenters. The number of hydrogen-bond donors (Lipinski definition) is 0. The normalized spacial score (nSPS) is 14.7. The van der Waals surface area contributed by atoms with Gasteiger partial charge in [0.2, 0.25) is 0 Å². The predicted molar refractivity (Wildman–Crippen MR) is 177 cm³/mol. The van der Waals surface area contributed by atoms with Gasteiger partial charge in [0.05, 0.1) is 0 Å². The first-order valence-electron chi connectivity index (χ1n) is 13.0. The van der Waals surface area contributed by atoms with Gasteiger partial charge in [-0.05, 0) is 0 Å². The molecule has 0 amide bonds. The quantitative estimate of drug-likeness (QED) is 0.130. The third-order valence-corrected chi connectivity index (χ3v) is 105. The molecule has 0 aliphatic heterocycles. The molecule has 0 atom stereocenters. The number of hydrogen-bond acceptors (Lipinski definition) is 2. The van der Waals surface area contributed by atoms with Crippen molar-refractivity contribution in [3.8, 4) is 0 Å². The Labute approximate surface area is 255 Å². The van der Waals surface area contributed by atoms with Crippen LogP contribution >= 0.6 is 18.8 Å².